The number of aliphatic hydroxyl groups excluding tert-OH is 1. The molecule has 1 aromatic rings. The fraction of sp³-hybridized carbons (Fsp3) is 0.600. The highest BCUT2D eigenvalue weighted by molar-refractivity contribution is 9.10. The molecule has 1 aliphatic rings. The zero-order valence-electron chi connectivity index (χ0n) is 11.4. The molecule has 1 aromatic carbocycles. The average molecular weight is 327 g/mol. The summed E-state index contributed by atoms with van der Waals surface area (Å²) in [4.78, 5) is 2.38. The van der Waals surface area contributed by atoms with Crippen LogP contribution in [0.2, 0.25) is 0 Å². The molecule has 3 nitrogen and oxygen atoms in total. The van der Waals surface area contributed by atoms with Gasteiger partial charge in [0.15, 0.2) is 0 Å². The Morgan fingerprint density at radius 3 is 2.74 bits per heavy atom. The molecule has 0 spiro atoms. The monoisotopic (exact) mass is 326 g/mol. The van der Waals surface area contributed by atoms with Crippen molar-refractivity contribution in [2.75, 3.05) is 19.7 Å². The summed E-state index contributed by atoms with van der Waals surface area (Å²) in [6.45, 7) is 4.52. The van der Waals surface area contributed by atoms with E-state index in [1.807, 2.05) is 12.1 Å². The first kappa shape index (κ1) is 15.0. The highest BCUT2D eigenvalue weighted by Crippen LogP contribution is 2.25. The summed E-state index contributed by atoms with van der Waals surface area (Å²) in [5.41, 5.74) is 7.42. The van der Waals surface area contributed by atoms with E-state index in [-0.39, 0.29) is 12.6 Å². The number of rotatable bonds is 5. The third-order valence-corrected chi connectivity index (χ3v) is 4.74. The average Bonchev–Trinajstić information content (AvgIpc) is 2.77. The van der Waals surface area contributed by atoms with Gasteiger partial charge in [0.1, 0.15) is 0 Å². The molecule has 106 valence electrons. The van der Waals surface area contributed by atoms with Crippen LogP contribution in [-0.2, 0) is 0 Å². The van der Waals surface area contributed by atoms with E-state index in [1.54, 1.807) is 0 Å². The number of aliphatic hydroxyl groups is 1. The molecule has 2 rings (SSSR count). The number of nitrogens with two attached hydrogens (primary N) is 1. The van der Waals surface area contributed by atoms with Gasteiger partial charge in [-0.15, -0.1) is 0 Å². The molecule has 0 aromatic heterocycles. The summed E-state index contributed by atoms with van der Waals surface area (Å²) in [6, 6.07) is 8.60. The SMILES string of the molecule is CC1CCN(CCC(N)c2ccc(Br)cc2)C1CO. The Morgan fingerprint density at radius 2 is 2.11 bits per heavy atom. The molecule has 3 N–H and O–H groups in total. The summed E-state index contributed by atoms with van der Waals surface area (Å²) in [6.07, 6.45) is 2.11. The van der Waals surface area contributed by atoms with Crippen molar-refractivity contribution in [1.29, 1.82) is 0 Å². The molecule has 1 heterocycles. The zero-order valence-corrected chi connectivity index (χ0v) is 13.0. The molecule has 3 atom stereocenters. The van der Waals surface area contributed by atoms with Crippen LogP contribution in [0.25, 0.3) is 0 Å². The Kier molecular flexibility index (Phi) is 5.39. The summed E-state index contributed by atoms with van der Waals surface area (Å²) < 4.78 is 1.08. The maximum absolute atomic E-state index is 9.44. The van der Waals surface area contributed by atoms with Crippen molar-refractivity contribution in [3.05, 3.63) is 34.3 Å². The minimum atomic E-state index is 0.0725. The summed E-state index contributed by atoms with van der Waals surface area (Å²) in [7, 11) is 0. The molecule has 0 radical (unpaired) electrons. The van der Waals surface area contributed by atoms with E-state index in [2.05, 4.69) is 39.9 Å². The fourth-order valence-electron chi connectivity index (χ4n) is 2.84. The van der Waals surface area contributed by atoms with Crippen molar-refractivity contribution in [3.8, 4) is 0 Å². The van der Waals surface area contributed by atoms with Crippen LogP contribution >= 0.6 is 15.9 Å². The van der Waals surface area contributed by atoms with Crippen LogP contribution in [0.5, 0.6) is 0 Å². The molecule has 19 heavy (non-hydrogen) atoms. The van der Waals surface area contributed by atoms with Gasteiger partial charge in [0, 0.05) is 23.1 Å². The van der Waals surface area contributed by atoms with Gasteiger partial charge in [-0.3, -0.25) is 4.90 Å². The van der Waals surface area contributed by atoms with Crippen LogP contribution in [0.15, 0.2) is 28.7 Å². The number of hydrogen-bond donors (Lipinski definition) is 2. The largest absolute Gasteiger partial charge is 0.395 e. The van der Waals surface area contributed by atoms with Crippen LogP contribution in [0.3, 0.4) is 0 Å². The quantitative estimate of drug-likeness (QED) is 0.874. The van der Waals surface area contributed by atoms with Crippen LogP contribution in [0, 0.1) is 5.92 Å². The Morgan fingerprint density at radius 1 is 1.42 bits per heavy atom. The first-order valence-electron chi connectivity index (χ1n) is 6.97. The van der Waals surface area contributed by atoms with E-state index in [1.165, 1.54) is 12.0 Å². The Labute approximate surface area is 123 Å². The smallest absolute Gasteiger partial charge is 0.0589 e. The maximum Gasteiger partial charge on any atom is 0.0589 e. The second-order valence-corrected chi connectivity index (χ2v) is 6.41. The number of halogens is 1. The number of nitrogens with zero attached hydrogens (tertiary/aromatic N) is 1. The first-order valence-corrected chi connectivity index (χ1v) is 7.77. The van der Waals surface area contributed by atoms with Gasteiger partial charge >= 0.3 is 0 Å². The van der Waals surface area contributed by atoms with Gasteiger partial charge < -0.3 is 10.8 Å². The Balaban J connectivity index is 1.86. The van der Waals surface area contributed by atoms with Crippen molar-refractivity contribution in [2.24, 2.45) is 11.7 Å². The minimum Gasteiger partial charge on any atom is -0.395 e. The van der Waals surface area contributed by atoms with Gasteiger partial charge in [0.05, 0.1) is 6.61 Å². The lowest BCUT2D eigenvalue weighted by Crippen LogP contribution is -2.36. The Bertz CT molecular complexity index is 396. The third-order valence-electron chi connectivity index (χ3n) is 4.21. The number of benzene rings is 1. The van der Waals surface area contributed by atoms with Crippen molar-refractivity contribution in [1.82, 2.24) is 4.90 Å². The van der Waals surface area contributed by atoms with E-state index < -0.39 is 0 Å². The second kappa shape index (κ2) is 6.84. The highest BCUT2D eigenvalue weighted by Gasteiger charge is 2.30. The third kappa shape index (κ3) is 3.78. The van der Waals surface area contributed by atoms with Crippen molar-refractivity contribution in [2.45, 2.75) is 31.8 Å². The lowest BCUT2D eigenvalue weighted by atomic mass is 10.0. The van der Waals surface area contributed by atoms with Gasteiger partial charge in [-0.25, -0.2) is 0 Å². The minimum absolute atomic E-state index is 0.0725. The first-order chi connectivity index (χ1) is 9.11. The van der Waals surface area contributed by atoms with Crippen molar-refractivity contribution < 1.29 is 5.11 Å². The molecule has 1 fully saturated rings. The van der Waals surface area contributed by atoms with E-state index in [9.17, 15) is 5.11 Å². The highest BCUT2D eigenvalue weighted by atomic mass is 79.9. The maximum atomic E-state index is 9.44. The molecule has 1 saturated heterocycles. The molecule has 0 bridgehead atoms. The summed E-state index contributed by atoms with van der Waals surface area (Å²) in [5.74, 6) is 0.592. The summed E-state index contributed by atoms with van der Waals surface area (Å²) >= 11 is 3.43. The molecule has 0 amide bonds. The lowest BCUT2D eigenvalue weighted by molar-refractivity contribution is 0.136. The van der Waals surface area contributed by atoms with Gasteiger partial charge in [-0.1, -0.05) is 35.0 Å². The van der Waals surface area contributed by atoms with Gasteiger partial charge in [0.2, 0.25) is 0 Å². The molecule has 3 unspecified atom stereocenters. The topological polar surface area (TPSA) is 49.5 Å². The normalized spacial score (nSPS) is 25.7. The standard InChI is InChI=1S/C15H23BrN2O/c1-11-6-8-18(15(11)10-19)9-7-14(17)12-2-4-13(16)5-3-12/h2-5,11,14-15,19H,6-10,17H2,1H3. The molecule has 0 aliphatic carbocycles. The van der Waals surface area contributed by atoms with Crippen LogP contribution in [-0.4, -0.2) is 35.7 Å². The van der Waals surface area contributed by atoms with Crippen LogP contribution in [0.1, 0.15) is 31.4 Å². The second-order valence-electron chi connectivity index (χ2n) is 5.50. The van der Waals surface area contributed by atoms with E-state index >= 15 is 0 Å². The predicted octanol–water partition coefficient (Wildman–Crippen LogP) is 2.54. The van der Waals surface area contributed by atoms with Gasteiger partial charge in [-0.05, 0) is 43.0 Å². The molecular weight excluding hydrogens is 304 g/mol. The molecule has 1 aliphatic heterocycles. The van der Waals surface area contributed by atoms with Gasteiger partial charge in [-0.2, -0.15) is 0 Å². The fourth-order valence-corrected chi connectivity index (χ4v) is 3.11. The number of likely N-dealkylation sites (tertiary alicyclic amines) is 1. The lowest BCUT2D eigenvalue weighted by Gasteiger charge is -2.26. The van der Waals surface area contributed by atoms with E-state index in [4.69, 9.17) is 5.73 Å². The number of hydrogen-bond acceptors (Lipinski definition) is 3. The molecule has 0 saturated carbocycles. The van der Waals surface area contributed by atoms with E-state index in [0.29, 0.717) is 12.0 Å². The van der Waals surface area contributed by atoms with Crippen molar-refractivity contribution in [3.63, 3.8) is 0 Å². The van der Waals surface area contributed by atoms with Crippen LogP contribution in [0.4, 0.5) is 0 Å². The zero-order chi connectivity index (χ0) is 13.8. The van der Waals surface area contributed by atoms with Crippen LogP contribution < -0.4 is 5.73 Å². The Hall–Kier alpha value is -0.420. The van der Waals surface area contributed by atoms with Gasteiger partial charge in [0.25, 0.3) is 0 Å². The summed E-state index contributed by atoms with van der Waals surface area (Å²) in [5, 5.41) is 9.44. The van der Waals surface area contributed by atoms with E-state index in [0.717, 1.165) is 24.0 Å². The predicted molar refractivity (Wildman–Crippen MR) is 81.9 cm³/mol. The van der Waals surface area contributed by atoms with Crippen molar-refractivity contribution >= 4 is 15.9 Å². The molecular formula is C15H23BrN2O. The molecule has 4 heteroatoms.